The summed E-state index contributed by atoms with van der Waals surface area (Å²) in [7, 11) is 0. The number of carbonyl (C=O) groups is 1. The van der Waals surface area contributed by atoms with Crippen LogP contribution in [-0.2, 0) is 0 Å². The molecular formula is C33H36FN3O3. The fraction of sp³-hybridized carbons (Fsp3) is 0.364. The third-order valence-corrected chi connectivity index (χ3v) is 7.89. The first-order valence-electron chi connectivity index (χ1n) is 14.4. The summed E-state index contributed by atoms with van der Waals surface area (Å²) in [5.41, 5.74) is 5.14. The largest absolute Gasteiger partial charge is 0.488 e. The van der Waals surface area contributed by atoms with Crippen molar-refractivity contribution in [3.63, 3.8) is 0 Å². The molecule has 6 rings (SSSR count). The molecule has 2 heterocycles. The van der Waals surface area contributed by atoms with E-state index in [1.165, 1.54) is 24.1 Å². The summed E-state index contributed by atoms with van der Waals surface area (Å²) in [5.74, 6) is 1.08. The van der Waals surface area contributed by atoms with Gasteiger partial charge in [-0.3, -0.25) is 4.79 Å². The Morgan fingerprint density at radius 1 is 0.825 bits per heavy atom. The number of anilines is 1. The van der Waals surface area contributed by atoms with E-state index in [9.17, 15) is 9.18 Å². The Morgan fingerprint density at radius 2 is 1.52 bits per heavy atom. The maximum absolute atomic E-state index is 13.7. The third-order valence-electron chi connectivity index (χ3n) is 7.89. The Kier molecular flexibility index (Phi) is 8.11. The number of nitrogens with one attached hydrogen (secondary N) is 3. The molecule has 0 radical (unpaired) electrons. The van der Waals surface area contributed by atoms with E-state index in [0.717, 1.165) is 80.7 Å². The highest BCUT2D eigenvalue weighted by molar-refractivity contribution is 6.05. The van der Waals surface area contributed by atoms with E-state index < -0.39 is 0 Å². The predicted molar refractivity (Wildman–Crippen MR) is 156 cm³/mol. The van der Waals surface area contributed by atoms with Crippen molar-refractivity contribution in [2.75, 3.05) is 31.5 Å². The molecule has 208 valence electrons. The number of hydrogen-bond acceptors (Lipinski definition) is 5. The number of allylic oxidation sites excluding steroid dienone is 2. The van der Waals surface area contributed by atoms with Crippen molar-refractivity contribution in [2.45, 2.75) is 50.7 Å². The Hall–Kier alpha value is -3.68. The van der Waals surface area contributed by atoms with E-state index in [2.05, 4.69) is 22.0 Å². The van der Waals surface area contributed by atoms with Gasteiger partial charge in [0.1, 0.15) is 29.5 Å². The Balaban J connectivity index is 1.27. The smallest absolute Gasteiger partial charge is 0.255 e. The molecule has 2 atom stereocenters. The molecule has 40 heavy (non-hydrogen) atoms. The molecule has 3 aliphatic rings. The summed E-state index contributed by atoms with van der Waals surface area (Å²) >= 11 is 0. The number of amides is 1. The second kappa shape index (κ2) is 12.2. The van der Waals surface area contributed by atoms with Crippen LogP contribution in [0.3, 0.4) is 0 Å². The average molecular weight is 542 g/mol. The zero-order chi connectivity index (χ0) is 27.3. The van der Waals surface area contributed by atoms with Crippen molar-refractivity contribution in [3.05, 3.63) is 83.7 Å². The van der Waals surface area contributed by atoms with E-state index in [-0.39, 0.29) is 23.9 Å². The summed E-state index contributed by atoms with van der Waals surface area (Å²) in [4.78, 5) is 13.5. The van der Waals surface area contributed by atoms with Crippen LogP contribution >= 0.6 is 0 Å². The van der Waals surface area contributed by atoms with Crippen LogP contribution in [0.5, 0.6) is 11.5 Å². The first kappa shape index (κ1) is 26.5. The van der Waals surface area contributed by atoms with Crippen molar-refractivity contribution in [2.24, 2.45) is 0 Å². The minimum atomic E-state index is -0.295. The van der Waals surface area contributed by atoms with Crippen molar-refractivity contribution < 1.29 is 18.7 Å². The van der Waals surface area contributed by atoms with Crippen LogP contribution < -0.4 is 25.4 Å². The van der Waals surface area contributed by atoms with Gasteiger partial charge in [-0.05, 0) is 111 Å². The maximum atomic E-state index is 13.7. The molecule has 0 unspecified atom stereocenters. The van der Waals surface area contributed by atoms with Crippen molar-refractivity contribution in [3.8, 4) is 22.6 Å². The normalized spacial score (nSPS) is 20.7. The molecule has 7 heteroatoms. The molecule has 1 aliphatic carbocycles. The zero-order valence-corrected chi connectivity index (χ0v) is 22.7. The number of hydrogen-bond donors (Lipinski definition) is 3. The van der Waals surface area contributed by atoms with Crippen LogP contribution in [0.15, 0.2) is 66.7 Å². The number of halogens is 1. The van der Waals surface area contributed by atoms with Gasteiger partial charge in [-0.1, -0.05) is 18.2 Å². The summed E-state index contributed by atoms with van der Waals surface area (Å²) in [6.07, 6.45) is 8.79. The third kappa shape index (κ3) is 6.21. The summed E-state index contributed by atoms with van der Waals surface area (Å²) in [5, 5.41) is 9.75. The molecule has 2 saturated heterocycles. The van der Waals surface area contributed by atoms with E-state index in [1.54, 1.807) is 12.1 Å². The summed E-state index contributed by atoms with van der Waals surface area (Å²) in [6, 6.07) is 17.7. The lowest BCUT2D eigenvalue weighted by Crippen LogP contribution is -2.20. The first-order valence-corrected chi connectivity index (χ1v) is 14.4. The van der Waals surface area contributed by atoms with Crippen molar-refractivity contribution >= 4 is 17.2 Å². The Labute approximate surface area is 235 Å². The number of ether oxygens (including phenoxy) is 2. The highest BCUT2D eigenvalue weighted by atomic mass is 19.1. The molecule has 6 nitrogen and oxygen atoms in total. The van der Waals surface area contributed by atoms with Gasteiger partial charge in [-0.2, -0.15) is 0 Å². The van der Waals surface area contributed by atoms with Crippen molar-refractivity contribution in [1.82, 2.24) is 10.6 Å². The fourth-order valence-electron chi connectivity index (χ4n) is 5.69. The average Bonchev–Trinajstić information content (AvgIpc) is 3.70. The zero-order valence-electron chi connectivity index (χ0n) is 22.7. The van der Waals surface area contributed by atoms with E-state index >= 15 is 0 Å². The number of rotatable bonds is 8. The van der Waals surface area contributed by atoms with Gasteiger partial charge in [0.15, 0.2) is 0 Å². The molecule has 3 aromatic carbocycles. The fourth-order valence-corrected chi connectivity index (χ4v) is 5.69. The predicted octanol–water partition coefficient (Wildman–Crippen LogP) is 6.18. The van der Waals surface area contributed by atoms with E-state index in [1.807, 2.05) is 36.4 Å². The Bertz CT molecular complexity index is 1380. The van der Waals surface area contributed by atoms with Gasteiger partial charge in [0.2, 0.25) is 0 Å². The molecule has 3 N–H and O–H groups in total. The second-order valence-corrected chi connectivity index (χ2v) is 10.8. The molecule has 2 fully saturated rings. The van der Waals surface area contributed by atoms with Gasteiger partial charge in [0, 0.05) is 35.5 Å². The summed E-state index contributed by atoms with van der Waals surface area (Å²) < 4.78 is 26.3. The standard InChI is InChI=1S/C33H36FN3O3/c34-25-9-6-23(7-10-25)30-19-26(11-13-32(30)40-28-15-17-36-21-28)37-33(38)24-8-12-31(39-27-14-16-35-20-27)29(18-24)22-4-2-1-3-5-22/h4,6-13,18-19,27-28,35-36H,1-3,5,14-17,20-21H2,(H,37,38)/t27-,28-/m0/s1. The van der Waals surface area contributed by atoms with Crippen LogP contribution in [0.4, 0.5) is 10.1 Å². The SMILES string of the molecule is O=C(Nc1ccc(O[C@H]2CCNC2)c(-c2ccc(F)cc2)c1)c1ccc(O[C@H]2CCNC2)c(C2=CCCCC2)c1. The van der Waals surface area contributed by atoms with Crippen LogP contribution in [0.25, 0.3) is 16.7 Å². The van der Waals surface area contributed by atoms with Gasteiger partial charge in [-0.25, -0.2) is 4.39 Å². The monoisotopic (exact) mass is 541 g/mol. The van der Waals surface area contributed by atoms with Crippen LogP contribution in [0, 0.1) is 5.82 Å². The highest BCUT2D eigenvalue weighted by Crippen LogP contribution is 2.36. The lowest BCUT2D eigenvalue weighted by atomic mass is 9.92. The van der Waals surface area contributed by atoms with Gasteiger partial charge >= 0.3 is 0 Å². The van der Waals surface area contributed by atoms with Gasteiger partial charge in [-0.15, -0.1) is 0 Å². The van der Waals surface area contributed by atoms with Gasteiger partial charge in [0.05, 0.1) is 0 Å². The summed E-state index contributed by atoms with van der Waals surface area (Å²) in [6.45, 7) is 3.51. The highest BCUT2D eigenvalue weighted by Gasteiger charge is 2.22. The van der Waals surface area contributed by atoms with E-state index in [4.69, 9.17) is 9.47 Å². The molecule has 0 saturated carbocycles. The number of carbonyl (C=O) groups excluding carboxylic acids is 1. The van der Waals surface area contributed by atoms with Crippen LogP contribution in [0.2, 0.25) is 0 Å². The molecule has 2 aliphatic heterocycles. The van der Waals surface area contributed by atoms with Crippen LogP contribution in [-0.4, -0.2) is 44.3 Å². The lowest BCUT2D eigenvalue weighted by Gasteiger charge is -2.21. The maximum Gasteiger partial charge on any atom is 0.255 e. The Morgan fingerprint density at radius 3 is 2.17 bits per heavy atom. The minimum absolute atomic E-state index is 0.0768. The van der Waals surface area contributed by atoms with E-state index in [0.29, 0.717) is 17.0 Å². The van der Waals surface area contributed by atoms with Crippen LogP contribution in [0.1, 0.15) is 54.4 Å². The second-order valence-electron chi connectivity index (χ2n) is 10.8. The number of benzene rings is 3. The van der Waals surface area contributed by atoms with Crippen molar-refractivity contribution in [1.29, 1.82) is 0 Å². The first-order chi connectivity index (χ1) is 19.6. The molecule has 1 amide bonds. The molecule has 3 aromatic rings. The molecule has 0 bridgehead atoms. The topological polar surface area (TPSA) is 71.6 Å². The molecule has 0 spiro atoms. The molecule has 0 aromatic heterocycles. The van der Waals surface area contributed by atoms with Gasteiger partial charge < -0.3 is 25.4 Å². The molecular weight excluding hydrogens is 505 g/mol. The quantitative estimate of drug-likeness (QED) is 0.318. The minimum Gasteiger partial charge on any atom is -0.488 e. The van der Waals surface area contributed by atoms with Gasteiger partial charge in [0.25, 0.3) is 5.91 Å². The lowest BCUT2D eigenvalue weighted by molar-refractivity contribution is 0.102.